The zero-order chi connectivity index (χ0) is 8.06. The van der Waals surface area contributed by atoms with E-state index in [1.807, 2.05) is 0 Å². The highest BCUT2D eigenvalue weighted by Gasteiger charge is 2.45. The van der Waals surface area contributed by atoms with E-state index in [9.17, 15) is 0 Å². The Hall–Kier alpha value is -0.0800. The van der Waals surface area contributed by atoms with Gasteiger partial charge in [0.15, 0.2) is 0 Å². The van der Waals surface area contributed by atoms with Gasteiger partial charge < -0.3 is 5.73 Å². The molecule has 1 atom stereocenters. The zero-order valence-electron chi connectivity index (χ0n) is 7.51. The molecule has 3 rings (SSSR count). The first kappa shape index (κ1) is 7.56. The fourth-order valence-corrected chi connectivity index (χ4v) is 2.62. The van der Waals surface area contributed by atoms with E-state index in [4.69, 9.17) is 5.73 Å². The molecule has 0 radical (unpaired) electrons. The third-order valence-electron chi connectivity index (χ3n) is 3.68. The Morgan fingerprint density at radius 1 is 1.27 bits per heavy atom. The molecule has 0 aliphatic carbocycles. The summed E-state index contributed by atoms with van der Waals surface area (Å²) < 4.78 is 0. The number of fused-ring (bicyclic) bond motifs is 3. The summed E-state index contributed by atoms with van der Waals surface area (Å²) in [6, 6.07) is 0.407. The van der Waals surface area contributed by atoms with Crippen LogP contribution in [-0.2, 0) is 0 Å². The highest BCUT2D eigenvalue weighted by atomic mass is 15.2. The van der Waals surface area contributed by atoms with Gasteiger partial charge in [0.05, 0.1) is 0 Å². The van der Waals surface area contributed by atoms with E-state index in [2.05, 4.69) is 18.7 Å². The molecule has 0 saturated carbocycles. The van der Waals surface area contributed by atoms with Gasteiger partial charge in [-0.05, 0) is 45.7 Å². The smallest absolute Gasteiger partial charge is 0.0306 e. The minimum atomic E-state index is 0.265. The van der Waals surface area contributed by atoms with Crippen molar-refractivity contribution in [3.8, 4) is 0 Å². The Bertz CT molecular complexity index is 153. The monoisotopic (exact) mass is 154 g/mol. The Balaban J connectivity index is 2.23. The molecule has 2 bridgehead atoms. The third-order valence-corrected chi connectivity index (χ3v) is 3.68. The van der Waals surface area contributed by atoms with Crippen LogP contribution >= 0.6 is 0 Å². The summed E-state index contributed by atoms with van der Waals surface area (Å²) in [4.78, 5) is 2.54. The van der Waals surface area contributed by atoms with Gasteiger partial charge in [-0.25, -0.2) is 0 Å². The van der Waals surface area contributed by atoms with Gasteiger partial charge in [0.1, 0.15) is 0 Å². The maximum atomic E-state index is 6.16. The van der Waals surface area contributed by atoms with Crippen LogP contribution in [-0.4, -0.2) is 29.6 Å². The van der Waals surface area contributed by atoms with E-state index in [-0.39, 0.29) is 5.54 Å². The lowest BCUT2D eigenvalue weighted by atomic mass is 9.72. The summed E-state index contributed by atoms with van der Waals surface area (Å²) in [5, 5.41) is 0. The molecular formula is C9H18N2. The molecule has 3 saturated heterocycles. The summed E-state index contributed by atoms with van der Waals surface area (Å²) >= 11 is 0. The molecule has 0 aromatic rings. The molecular weight excluding hydrogens is 136 g/mol. The van der Waals surface area contributed by atoms with Crippen LogP contribution in [0.4, 0.5) is 0 Å². The number of piperidine rings is 3. The molecule has 3 aliphatic rings. The lowest BCUT2D eigenvalue weighted by molar-refractivity contribution is -0.0263. The summed E-state index contributed by atoms with van der Waals surface area (Å²) in [7, 11) is 0. The SMILES string of the molecule is CC1(C)[C@H](N)C2CCN1CC2. The summed E-state index contributed by atoms with van der Waals surface area (Å²) in [5.41, 5.74) is 6.42. The van der Waals surface area contributed by atoms with Crippen molar-refractivity contribution in [2.24, 2.45) is 11.7 Å². The molecule has 0 spiro atoms. The van der Waals surface area contributed by atoms with E-state index in [0.717, 1.165) is 5.92 Å². The van der Waals surface area contributed by atoms with Crippen molar-refractivity contribution in [1.82, 2.24) is 4.90 Å². The van der Waals surface area contributed by atoms with Crippen LogP contribution in [0.3, 0.4) is 0 Å². The first-order chi connectivity index (χ1) is 5.12. The minimum absolute atomic E-state index is 0.265. The van der Waals surface area contributed by atoms with Crippen LogP contribution in [0, 0.1) is 5.92 Å². The maximum absolute atomic E-state index is 6.16. The van der Waals surface area contributed by atoms with Crippen LogP contribution in [0.5, 0.6) is 0 Å². The molecule has 3 fully saturated rings. The second-order valence-electron chi connectivity index (χ2n) is 4.50. The van der Waals surface area contributed by atoms with Crippen LogP contribution in [0.1, 0.15) is 26.7 Å². The molecule has 11 heavy (non-hydrogen) atoms. The lowest BCUT2D eigenvalue weighted by Gasteiger charge is -2.55. The van der Waals surface area contributed by atoms with Gasteiger partial charge in [0.25, 0.3) is 0 Å². The number of hydrogen-bond acceptors (Lipinski definition) is 2. The average molecular weight is 154 g/mol. The molecule has 0 unspecified atom stereocenters. The normalized spacial score (nSPS) is 47.7. The molecule has 3 aliphatic heterocycles. The maximum Gasteiger partial charge on any atom is 0.0306 e. The Morgan fingerprint density at radius 3 is 2.09 bits per heavy atom. The second-order valence-corrected chi connectivity index (χ2v) is 4.50. The van der Waals surface area contributed by atoms with E-state index in [1.54, 1.807) is 0 Å². The van der Waals surface area contributed by atoms with Crippen molar-refractivity contribution in [3.63, 3.8) is 0 Å². The van der Waals surface area contributed by atoms with Gasteiger partial charge in [-0.1, -0.05) is 0 Å². The quantitative estimate of drug-likeness (QED) is 0.559. The molecule has 2 heteroatoms. The van der Waals surface area contributed by atoms with E-state index in [1.165, 1.54) is 25.9 Å². The summed E-state index contributed by atoms with van der Waals surface area (Å²) in [6.45, 7) is 7.10. The van der Waals surface area contributed by atoms with Gasteiger partial charge in [0.2, 0.25) is 0 Å². The minimum Gasteiger partial charge on any atom is -0.326 e. The molecule has 3 heterocycles. The van der Waals surface area contributed by atoms with Crippen molar-refractivity contribution in [1.29, 1.82) is 0 Å². The number of hydrogen-bond donors (Lipinski definition) is 1. The fraction of sp³-hybridized carbons (Fsp3) is 1.00. The lowest BCUT2D eigenvalue weighted by Crippen LogP contribution is -2.67. The first-order valence-electron chi connectivity index (χ1n) is 4.63. The van der Waals surface area contributed by atoms with Crippen molar-refractivity contribution in [3.05, 3.63) is 0 Å². The van der Waals surface area contributed by atoms with Crippen LogP contribution in [0.2, 0.25) is 0 Å². The van der Waals surface area contributed by atoms with Crippen molar-refractivity contribution < 1.29 is 0 Å². The summed E-state index contributed by atoms with van der Waals surface area (Å²) in [5.74, 6) is 0.801. The summed E-state index contributed by atoms with van der Waals surface area (Å²) in [6.07, 6.45) is 2.65. The highest BCUT2D eigenvalue weighted by Crippen LogP contribution is 2.37. The molecule has 0 aromatic carbocycles. The predicted octanol–water partition coefficient (Wildman–Crippen LogP) is 0.818. The number of nitrogens with two attached hydrogens (primary N) is 1. The number of nitrogens with zero attached hydrogens (tertiary/aromatic N) is 1. The molecule has 2 N–H and O–H groups in total. The van der Waals surface area contributed by atoms with Gasteiger partial charge in [0, 0.05) is 11.6 Å². The van der Waals surface area contributed by atoms with Gasteiger partial charge in [-0.15, -0.1) is 0 Å². The van der Waals surface area contributed by atoms with Crippen LogP contribution in [0.15, 0.2) is 0 Å². The molecule has 0 amide bonds. The van der Waals surface area contributed by atoms with Crippen LogP contribution in [0.25, 0.3) is 0 Å². The second kappa shape index (κ2) is 2.20. The molecule has 64 valence electrons. The average Bonchev–Trinajstić information content (AvgIpc) is 2.01. The standard InChI is InChI=1S/C9H18N2/c1-9(2)8(10)7-3-5-11(9)6-4-7/h7-8H,3-6,10H2,1-2H3/t8-/m1/s1. The zero-order valence-corrected chi connectivity index (χ0v) is 7.51. The fourth-order valence-electron chi connectivity index (χ4n) is 2.62. The molecule has 2 nitrogen and oxygen atoms in total. The topological polar surface area (TPSA) is 29.3 Å². The van der Waals surface area contributed by atoms with Crippen molar-refractivity contribution >= 4 is 0 Å². The van der Waals surface area contributed by atoms with Crippen molar-refractivity contribution in [2.45, 2.75) is 38.3 Å². The Morgan fingerprint density at radius 2 is 1.82 bits per heavy atom. The van der Waals surface area contributed by atoms with E-state index < -0.39 is 0 Å². The van der Waals surface area contributed by atoms with Gasteiger partial charge in [-0.2, -0.15) is 0 Å². The molecule has 0 aromatic heterocycles. The Kier molecular flexibility index (Phi) is 1.52. The number of rotatable bonds is 0. The van der Waals surface area contributed by atoms with Gasteiger partial charge in [-0.3, -0.25) is 4.90 Å². The largest absolute Gasteiger partial charge is 0.326 e. The van der Waals surface area contributed by atoms with Crippen LogP contribution < -0.4 is 5.73 Å². The Labute approximate surface area is 68.7 Å². The van der Waals surface area contributed by atoms with Crippen molar-refractivity contribution in [2.75, 3.05) is 13.1 Å². The third kappa shape index (κ3) is 0.926. The predicted molar refractivity (Wildman–Crippen MR) is 46.4 cm³/mol. The van der Waals surface area contributed by atoms with E-state index >= 15 is 0 Å². The highest BCUT2D eigenvalue weighted by molar-refractivity contribution is 5.03. The van der Waals surface area contributed by atoms with E-state index in [0.29, 0.717) is 6.04 Å². The van der Waals surface area contributed by atoms with Gasteiger partial charge >= 0.3 is 0 Å². The first-order valence-corrected chi connectivity index (χ1v) is 4.63.